The molecule has 0 fully saturated rings. The van der Waals surface area contributed by atoms with Crippen molar-refractivity contribution in [1.29, 1.82) is 0 Å². The Hall–Kier alpha value is -2.99. The lowest BCUT2D eigenvalue weighted by molar-refractivity contribution is -0.131. The molecule has 2 N–H and O–H groups in total. The quantitative estimate of drug-likeness (QED) is 0.692. The monoisotopic (exact) mass is 364 g/mol. The number of para-hydroxylation sites is 1. The zero-order chi connectivity index (χ0) is 19.2. The molecule has 0 bridgehead atoms. The van der Waals surface area contributed by atoms with Crippen LogP contribution in [0.2, 0.25) is 0 Å². The number of nitrogens with zero attached hydrogens (tertiary/aromatic N) is 3. The van der Waals surface area contributed by atoms with Crippen LogP contribution in [0.15, 0.2) is 59.7 Å². The maximum atomic E-state index is 12.8. The molecule has 0 unspecified atom stereocenters. The Kier molecular flexibility index (Phi) is 5.98. The van der Waals surface area contributed by atoms with Gasteiger partial charge in [0.2, 0.25) is 5.91 Å². The van der Waals surface area contributed by atoms with Gasteiger partial charge in [-0.3, -0.25) is 14.2 Å². The van der Waals surface area contributed by atoms with Gasteiger partial charge in [0.15, 0.2) is 0 Å². The molecule has 2 aromatic carbocycles. The summed E-state index contributed by atoms with van der Waals surface area (Å²) in [5, 5.41) is 0.528. The van der Waals surface area contributed by atoms with Gasteiger partial charge in [0.1, 0.15) is 6.54 Å². The molecule has 140 valence electrons. The Labute approximate surface area is 158 Å². The number of rotatable bonds is 7. The maximum Gasteiger partial charge on any atom is 0.261 e. The molecule has 0 aliphatic heterocycles. The molecule has 0 aliphatic carbocycles. The van der Waals surface area contributed by atoms with Crippen LogP contribution in [0.3, 0.4) is 0 Å². The summed E-state index contributed by atoms with van der Waals surface area (Å²) in [6.45, 7) is 3.28. The van der Waals surface area contributed by atoms with Crippen molar-refractivity contribution in [2.45, 2.75) is 19.9 Å². The van der Waals surface area contributed by atoms with Gasteiger partial charge in [-0.2, -0.15) is 0 Å². The van der Waals surface area contributed by atoms with E-state index in [-0.39, 0.29) is 18.0 Å². The number of nitrogens with two attached hydrogens (primary N) is 1. The second kappa shape index (κ2) is 8.60. The van der Waals surface area contributed by atoms with Crippen LogP contribution in [0.1, 0.15) is 11.1 Å². The molecule has 6 nitrogen and oxygen atoms in total. The molecule has 0 saturated carbocycles. The second-order valence-corrected chi connectivity index (χ2v) is 6.55. The molecule has 0 aliphatic rings. The van der Waals surface area contributed by atoms with E-state index in [9.17, 15) is 9.59 Å². The number of hydrogen-bond donors (Lipinski definition) is 1. The lowest BCUT2D eigenvalue weighted by Crippen LogP contribution is -2.40. The molecule has 1 amide bonds. The summed E-state index contributed by atoms with van der Waals surface area (Å²) in [5.41, 5.74) is 8.25. The summed E-state index contributed by atoms with van der Waals surface area (Å²) in [6, 6.07) is 15.5. The third kappa shape index (κ3) is 4.41. The number of hydrogen-bond acceptors (Lipinski definition) is 4. The van der Waals surface area contributed by atoms with E-state index in [1.807, 2.05) is 49.4 Å². The van der Waals surface area contributed by atoms with Gasteiger partial charge in [-0.05, 0) is 30.5 Å². The SMILES string of the molecule is Cc1cccc2c(=O)n(CC(=O)N(CCN)CCc3ccccc3)cnc12. The minimum absolute atomic E-state index is 0.0372. The molecule has 0 radical (unpaired) electrons. The molecular weight excluding hydrogens is 340 g/mol. The molecule has 1 heterocycles. The lowest BCUT2D eigenvalue weighted by Gasteiger charge is -2.22. The summed E-state index contributed by atoms with van der Waals surface area (Å²) in [4.78, 5) is 31.5. The van der Waals surface area contributed by atoms with Gasteiger partial charge in [-0.25, -0.2) is 4.98 Å². The van der Waals surface area contributed by atoms with Gasteiger partial charge in [0.05, 0.1) is 17.2 Å². The van der Waals surface area contributed by atoms with Crippen molar-refractivity contribution in [1.82, 2.24) is 14.5 Å². The van der Waals surface area contributed by atoms with E-state index < -0.39 is 0 Å². The first kappa shape index (κ1) is 18.8. The fraction of sp³-hybridized carbons (Fsp3) is 0.286. The molecule has 0 spiro atoms. The summed E-state index contributed by atoms with van der Waals surface area (Å²) < 4.78 is 1.37. The zero-order valence-corrected chi connectivity index (χ0v) is 15.5. The highest BCUT2D eigenvalue weighted by Gasteiger charge is 2.15. The molecule has 0 atom stereocenters. The Morgan fingerprint density at radius 2 is 1.89 bits per heavy atom. The van der Waals surface area contributed by atoms with Crippen LogP contribution in [-0.2, 0) is 17.8 Å². The first-order chi connectivity index (χ1) is 13.1. The van der Waals surface area contributed by atoms with Gasteiger partial charge < -0.3 is 10.6 Å². The van der Waals surface area contributed by atoms with Crippen molar-refractivity contribution >= 4 is 16.8 Å². The highest BCUT2D eigenvalue weighted by molar-refractivity contribution is 5.81. The van der Waals surface area contributed by atoms with Gasteiger partial charge in [0, 0.05) is 19.6 Å². The first-order valence-electron chi connectivity index (χ1n) is 9.06. The van der Waals surface area contributed by atoms with Crippen molar-refractivity contribution < 1.29 is 4.79 Å². The number of fused-ring (bicyclic) bond motifs is 1. The Bertz CT molecular complexity index is 982. The number of aryl methyl sites for hydroxylation is 1. The van der Waals surface area contributed by atoms with Crippen LogP contribution in [-0.4, -0.2) is 40.0 Å². The normalized spacial score (nSPS) is 10.9. The van der Waals surface area contributed by atoms with E-state index in [2.05, 4.69) is 4.98 Å². The largest absolute Gasteiger partial charge is 0.340 e. The topological polar surface area (TPSA) is 81.2 Å². The third-order valence-electron chi connectivity index (χ3n) is 4.63. The fourth-order valence-electron chi connectivity index (χ4n) is 3.12. The van der Waals surface area contributed by atoms with Gasteiger partial charge in [-0.1, -0.05) is 42.5 Å². The van der Waals surface area contributed by atoms with Gasteiger partial charge >= 0.3 is 0 Å². The molecule has 27 heavy (non-hydrogen) atoms. The highest BCUT2D eigenvalue weighted by atomic mass is 16.2. The van der Waals surface area contributed by atoms with E-state index in [4.69, 9.17) is 5.73 Å². The smallest absolute Gasteiger partial charge is 0.261 e. The number of amides is 1. The molecule has 3 rings (SSSR count). The fourth-order valence-corrected chi connectivity index (χ4v) is 3.12. The summed E-state index contributed by atoms with van der Waals surface area (Å²) in [5.74, 6) is -0.132. The highest BCUT2D eigenvalue weighted by Crippen LogP contribution is 2.11. The predicted octanol–water partition coefficient (Wildman–Crippen LogP) is 1.73. The summed E-state index contributed by atoms with van der Waals surface area (Å²) in [7, 11) is 0. The van der Waals surface area contributed by atoms with E-state index in [1.165, 1.54) is 10.9 Å². The van der Waals surface area contributed by atoms with Crippen LogP contribution in [0, 0.1) is 6.92 Å². The van der Waals surface area contributed by atoms with Crippen LogP contribution in [0.25, 0.3) is 10.9 Å². The molecule has 0 saturated heterocycles. The zero-order valence-electron chi connectivity index (χ0n) is 15.5. The second-order valence-electron chi connectivity index (χ2n) is 6.55. The standard InChI is InChI=1S/C21H24N4O2/c1-16-6-5-9-18-20(16)23-15-25(21(18)27)14-19(26)24(13-11-22)12-10-17-7-3-2-4-8-17/h2-9,15H,10-14,22H2,1H3. The van der Waals surface area contributed by atoms with Crippen LogP contribution >= 0.6 is 0 Å². The van der Waals surface area contributed by atoms with E-state index in [0.29, 0.717) is 30.5 Å². The molecule has 6 heteroatoms. The van der Waals surface area contributed by atoms with E-state index >= 15 is 0 Å². The molecule has 1 aromatic heterocycles. The lowest BCUT2D eigenvalue weighted by atomic mass is 10.1. The van der Waals surface area contributed by atoms with Gasteiger partial charge in [0.25, 0.3) is 5.56 Å². The molecular formula is C21H24N4O2. The van der Waals surface area contributed by atoms with Crippen molar-refractivity contribution in [2.75, 3.05) is 19.6 Å². The Balaban J connectivity index is 1.76. The Morgan fingerprint density at radius 3 is 2.63 bits per heavy atom. The van der Waals surface area contributed by atoms with Crippen LogP contribution in [0.5, 0.6) is 0 Å². The number of carbonyl (C=O) groups is 1. The van der Waals surface area contributed by atoms with E-state index in [1.54, 1.807) is 11.0 Å². The number of aromatic nitrogens is 2. The third-order valence-corrected chi connectivity index (χ3v) is 4.63. The van der Waals surface area contributed by atoms with Crippen molar-refractivity contribution in [3.63, 3.8) is 0 Å². The van der Waals surface area contributed by atoms with Gasteiger partial charge in [-0.15, -0.1) is 0 Å². The van der Waals surface area contributed by atoms with E-state index in [0.717, 1.165) is 17.5 Å². The summed E-state index contributed by atoms with van der Waals surface area (Å²) >= 11 is 0. The first-order valence-corrected chi connectivity index (χ1v) is 9.06. The molecule has 3 aromatic rings. The summed E-state index contributed by atoms with van der Waals surface area (Å²) in [6.07, 6.45) is 2.20. The number of benzene rings is 2. The van der Waals surface area contributed by atoms with Crippen molar-refractivity contribution in [2.24, 2.45) is 5.73 Å². The van der Waals surface area contributed by atoms with Crippen LogP contribution < -0.4 is 11.3 Å². The van der Waals surface area contributed by atoms with Crippen molar-refractivity contribution in [3.05, 3.63) is 76.3 Å². The average molecular weight is 364 g/mol. The Morgan fingerprint density at radius 1 is 1.11 bits per heavy atom. The maximum absolute atomic E-state index is 12.8. The predicted molar refractivity (Wildman–Crippen MR) is 107 cm³/mol. The minimum Gasteiger partial charge on any atom is -0.340 e. The van der Waals surface area contributed by atoms with Crippen LogP contribution in [0.4, 0.5) is 0 Å². The average Bonchev–Trinajstić information content (AvgIpc) is 2.68. The number of carbonyl (C=O) groups excluding carboxylic acids is 1. The minimum atomic E-state index is -0.201. The van der Waals surface area contributed by atoms with Crippen molar-refractivity contribution in [3.8, 4) is 0 Å².